The standard InChI is InChI=1S/C12H8BrFN2O4S/c13-8-4-3-7(12(17)18)6-10(8)16-21(19,20)11-9(14)2-1-5-15-11/h1-6,16H,(H,17,18). The number of aromatic nitrogens is 1. The zero-order valence-corrected chi connectivity index (χ0v) is 12.6. The molecular formula is C12H8BrFN2O4S. The Kier molecular flexibility index (Phi) is 4.24. The van der Waals surface area contributed by atoms with Gasteiger partial charge in [-0.25, -0.2) is 14.2 Å². The number of hydrogen-bond donors (Lipinski definition) is 2. The molecule has 0 saturated carbocycles. The van der Waals surface area contributed by atoms with Crippen LogP contribution in [0.15, 0.2) is 46.0 Å². The number of carboxylic acid groups (broad SMARTS) is 1. The molecule has 0 spiro atoms. The Morgan fingerprint density at radius 2 is 2.05 bits per heavy atom. The molecule has 0 aliphatic heterocycles. The van der Waals surface area contributed by atoms with Crippen LogP contribution in [0.25, 0.3) is 0 Å². The normalized spacial score (nSPS) is 11.1. The van der Waals surface area contributed by atoms with Gasteiger partial charge in [-0.3, -0.25) is 4.72 Å². The number of rotatable bonds is 4. The molecule has 0 aliphatic rings. The molecule has 2 aromatic rings. The minimum absolute atomic E-state index is 0.0278. The fourth-order valence-electron chi connectivity index (χ4n) is 1.50. The number of benzene rings is 1. The van der Waals surface area contributed by atoms with Crippen molar-refractivity contribution in [1.29, 1.82) is 0 Å². The van der Waals surface area contributed by atoms with Crippen LogP contribution in [0.4, 0.5) is 10.1 Å². The number of carbonyl (C=O) groups is 1. The third-order valence-electron chi connectivity index (χ3n) is 2.44. The Morgan fingerprint density at radius 1 is 1.33 bits per heavy atom. The number of pyridine rings is 1. The molecule has 0 aliphatic carbocycles. The van der Waals surface area contributed by atoms with Gasteiger partial charge in [-0.2, -0.15) is 8.42 Å². The zero-order valence-electron chi connectivity index (χ0n) is 10.2. The number of hydrogen-bond acceptors (Lipinski definition) is 4. The summed E-state index contributed by atoms with van der Waals surface area (Å²) in [6, 6.07) is 6.01. The van der Waals surface area contributed by atoms with Crippen LogP contribution in [0.5, 0.6) is 0 Å². The van der Waals surface area contributed by atoms with Gasteiger partial charge in [0.05, 0.1) is 11.3 Å². The molecule has 6 nitrogen and oxygen atoms in total. The molecule has 110 valence electrons. The Bertz CT molecular complexity index is 811. The molecule has 9 heteroatoms. The first-order valence-corrected chi connectivity index (χ1v) is 7.75. The topological polar surface area (TPSA) is 96.4 Å². The van der Waals surface area contributed by atoms with E-state index in [-0.39, 0.29) is 11.3 Å². The van der Waals surface area contributed by atoms with Crippen molar-refractivity contribution in [2.45, 2.75) is 5.03 Å². The molecule has 0 saturated heterocycles. The SMILES string of the molecule is O=C(O)c1ccc(Br)c(NS(=O)(=O)c2ncccc2F)c1. The number of nitrogens with zero attached hydrogens (tertiary/aromatic N) is 1. The molecule has 0 amide bonds. The number of carboxylic acids is 1. The molecule has 0 unspecified atom stereocenters. The maximum Gasteiger partial charge on any atom is 0.335 e. The van der Waals surface area contributed by atoms with Crippen molar-refractivity contribution >= 4 is 37.6 Å². The van der Waals surface area contributed by atoms with Gasteiger partial charge in [0.15, 0.2) is 5.82 Å². The van der Waals surface area contributed by atoms with Gasteiger partial charge in [0.1, 0.15) is 0 Å². The Balaban J connectivity index is 2.44. The van der Waals surface area contributed by atoms with Crippen molar-refractivity contribution in [3.63, 3.8) is 0 Å². The van der Waals surface area contributed by atoms with Crippen LogP contribution in [0, 0.1) is 5.82 Å². The summed E-state index contributed by atoms with van der Waals surface area (Å²) in [5, 5.41) is 8.13. The van der Waals surface area contributed by atoms with Crippen LogP contribution in [0.1, 0.15) is 10.4 Å². The molecule has 0 fully saturated rings. The van der Waals surface area contributed by atoms with Gasteiger partial charge in [0.2, 0.25) is 5.03 Å². The summed E-state index contributed by atoms with van der Waals surface area (Å²) in [6.45, 7) is 0. The average Bonchev–Trinajstić information content (AvgIpc) is 2.41. The molecule has 0 atom stereocenters. The predicted octanol–water partition coefficient (Wildman–Crippen LogP) is 2.48. The van der Waals surface area contributed by atoms with Crippen LogP contribution in [-0.2, 0) is 10.0 Å². The Hall–Kier alpha value is -2.00. The van der Waals surface area contributed by atoms with E-state index in [1.807, 2.05) is 0 Å². The van der Waals surface area contributed by atoms with Gasteiger partial charge in [-0.1, -0.05) is 0 Å². The Labute approximate surface area is 127 Å². The smallest absolute Gasteiger partial charge is 0.335 e. The predicted molar refractivity (Wildman–Crippen MR) is 76.1 cm³/mol. The van der Waals surface area contributed by atoms with E-state index in [9.17, 15) is 17.6 Å². The lowest BCUT2D eigenvalue weighted by atomic mass is 10.2. The number of anilines is 1. The molecular weight excluding hydrogens is 367 g/mol. The number of nitrogens with one attached hydrogen (secondary N) is 1. The van der Waals surface area contributed by atoms with Gasteiger partial charge >= 0.3 is 5.97 Å². The minimum Gasteiger partial charge on any atom is -0.478 e. The highest BCUT2D eigenvalue weighted by Crippen LogP contribution is 2.26. The van der Waals surface area contributed by atoms with Gasteiger partial charge in [0, 0.05) is 10.7 Å². The third kappa shape index (κ3) is 3.37. The summed E-state index contributed by atoms with van der Waals surface area (Å²) in [5.41, 5.74) is -0.141. The largest absolute Gasteiger partial charge is 0.478 e. The van der Waals surface area contributed by atoms with Gasteiger partial charge < -0.3 is 5.11 Å². The fraction of sp³-hybridized carbons (Fsp3) is 0. The maximum absolute atomic E-state index is 13.5. The van der Waals surface area contributed by atoms with E-state index in [0.717, 1.165) is 18.3 Å². The summed E-state index contributed by atoms with van der Waals surface area (Å²) in [6.07, 6.45) is 1.14. The van der Waals surface area contributed by atoms with Crippen LogP contribution in [0.3, 0.4) is 0 Å². The van der Waals surface area contributed by atoms with E-state index in [0.29, 0.717) is 4.47 Å². The van der Waals surface area contributed by atoms with E-state index >= 15 is 0 Å². The van der Waals surface area contributed by atoms with Crippen molar-refractivity contribution in [3.05, 3.63) is 52.4 Å². The van der Waals surface area contributed by atoms with Crippen LogP contribution < -0.4 is 4.72 Å². The van der Waals surface area contributed by atoms with E-state index in [1.54, 1.807) is 0 Å². The second-order valence-corrected chi connectivity index (χ2v) is 6.35. The number of halogens is 2. The number of sulfonamides is 1. The summed E-state index contributed by atoms with van der Waals surface area (Å²) in [4.78, 5) is 14.4. The molecule has 2 N–H and O–H groups in total. The van der Waals surface area contributed by atoms with E-state index in [4.69, 9.17) is 5.11 Å². The highest BCUT2D eigenvalue weighted by atomic mass is 79.9. The van der Waals surface area contributed by atoms with Crippen LogP contribution >= 0.6 is 15.9 Å². The molecule has 0 radical (unpaired) electrons. The van der Waals surface area contributed by atoms with E-state index in [2.05, 4.69) is 25.6 Å². The molecule has 1 aromatic carbocycles. The fourth-order valence-corrected chi connectivity index (χ4v) is 3.05. The van der Waals surface area contributed by atoms with Crippen molar-refractivity contribution in [1.82, 2.24) is 4.98 Å². The first-order valence-electron chi connectivity index (χ1n) is 5.47. The molecule has 1 heterocycles. The molecule has 2 rings (SSSR count). The monoisotopic (exact) mass is 374 g/mol. The van der Waals surface area contributed by atoms with E-state index < -0.39 is 26.8 Å². The lowest BCUT2D eigenvalue weighted by Crippen LogP contribution is -2.16. The summed E-state index contributed by atoms with van der Waals surface area (Å²) < 4.78 is 40.1. The second-order valence-electron chi connectivity index (χ2n) is 3.90. The van der Waals surface area contributed by atoms with Gasteiger partial charge in [-0.15, -0.1) is 0 Å². The summed E-state index contributed by atoms with van der Waals surface area (Å²) in [5.74, 6) is -2.22. The first-order chi connectivity index (χ1) is 9.81. The first kappa shape index (κ1) is 15.4. The average molecular weight is 375 g/mol. The van der Waals surface area contributed by atoms with Crippen molar-refractivity contribution in [2.24, 2.45) is 0 Å². The van der Waals surface area contributed by atoms with Crippen LogP contribution in [-0.4, -0.2) is 24.5 Å². The minimum atomic E-state index is -4.27. The summed E-state index contributed by atoms with van der Waals surface area (Å²) >= 11 is 3.09. The lowest BCUT2D eigenvalue weighted by Gasteiger charge is -2.10. The zero-order chi connectivity index (χ0) is 15.6. The maximum atomic E-state index is 13.5. The highest BCUT2D eigenvalue weighted by molar-refractivity contribution is 9.10. The second kappa shape index (κ2) is 5.78. The third-order valence-corrected chi connectivity index (χ3v) is 4.43. The summed E-state index contributed by atoms with van der Waals surface area (Å²) in [7, 11) is -4.27. The van der Waals surface area contributed by atoms with Crippen LogP contribution in [0.2, 0.25) is 0 Å². The Morgan fingerprint density at radius 3 is 2.67 bits per heavy atom. The lowest BCUT2D eigenvalue weighted by molar-refractivity contribution is 0.0697. The molecule has 1 aromatic heterocycles. The van der Waals surface area contributed by atoms with E-state index in [1.165, 1.54) is 18.2 Å². The molecule has 0 bridgehead atoms. The molecule has 21 heavy (non-hydrogen) atoms. The van der Waals surface area contributed by atoms with Crippen molar-refractivity contribution < 1.29 is 22.7 Å². The van der Waals surface area contributed by atoms with Gasteiger partial charge in [0.25, 0.3) is 10.0 Å². The van der Waals surface area contributed by atoms with Crippen molar-refractivity contribution in [3.8, 4) is 0 Å². The highest BCUT2D eigenvalue weighted by Gasteiger charge is 2.22. The van der Waals surface area contributed by atoms with Crippen molar-refractivity contribution in [2.75, 3.05) is 4.72 Å². The number of aromatic carboxylic acids is 1. The quantitative estimate of drug-likeness (QED) is 0.856. The van der Waals surface area contributed by atoms with Gasteiger partial charge in [-0.05, 0) is 46.3 Å².